The molecule has 0 amide bonds. The normalized spacial score (nSPS) is 10.3. The quantitative estimate of drug-likeness (QED) is 0.839. The Morgan fingerprint density at radius 2 is 2.20 bits per heavy atom. The molecular weight excluding hydrogens is 258 g/mol. The monoisotopic (exact) mass is 267 g/mol. The average Bonchev–Trinajstić information content (AvgIpc) is 2.66. The number of nitrogens with zero attached hydrogens (tertiary/aromatic N) is 3. The molecule has 4 nitrogen and oxygen atoms in total. The van der Waals surface area contributed by atoms with Crippen LogP contribution in [-0.2, 0) is 0 Å². The first-order valence-corrected chi connectivity index (χ1v) is 5.21. The number of pyridine rings is 1. The lowest BCUT2D eigenvalue weighted by molar-refractivity contribution is 0.414. The van der Waals surface area contributed by atoms with Gasteiger partial charge in [0, 0.05) is 6.20 Å². The fourth-order valence-electron chi connectivity index (χ4n) is 1.22. The molecule has 0 bridgehead atoms. The number of aryl methyl sites for hydroxylation is 1. The maximum Gasteiger partial charge on any atom is 0.167 e. The van der Waals surface area contributed by atoms with Crippen molar-refractivity contribution < 1.29 is 4.74 Å². The zero-order valence-corrected chi connectivity index (χ0v) is 10.0. The highest BCUT2D eigenvalue weighted by Crippen LogP contribution is 2.20. The van der Waals surface area contributed by atoms with Crippen LogP contribution in [0.1, 0.15) is 5.56 Å². The van der Waals surface area contributed by atoms with Crippen molar-refractivity contribution in [1.29, 1.82) is 0 Å². The third-order valence-corrected chi connectivity index (χ3v) is 2.55. The van der Waals surface area contributed by atoms with Gasteiger partial charge in [0.15, 0.2) is 11.6 Å². The predicted molar refractivity (Wildman–Crippen MR) is 60.3 cm³/mol. The van der Waals surface area contributed by atoms with Gasteiger partial charge in [-0.15, -0.1) is 0 Å². The highest BCUT2D eigenvalue weighted by molar-refractivity contribution is 9.10. The Balaban J connectivity index is 2.44. The molecule has 0 radical (unpaired) electrons. The van der Waals surface area contributed by atoms with Crippen LogP contribution < -0.4 is 4.74 Å². The fourth-order valence-corrected chi connectivity index (χ4v) is 1.87. The average molecular weight is 268 g/mol. The molecule has 15 heavy (non-hydrogen) atoms. The van der Waals surface area contributed by atoms with E-state index in [0.29, 0.717) is 5.75 Å². The number of methoxy groups -OCH3 is 1. The van der Waals surface area contributed by atoms with E-state index in [0.717, 1.165) is 15.9 Å². The summed E-state index contributed by atoms with van der Waals surface area (Å²) >= 11 is 3.45. The van der Waals surface area contributed by atoms with E-state index in [4.69, 9.17) is 4.74 Å². The van der Waals surface area contributed by atoms with Crippen molar-refractivity contribution in [3.63, 3.8) is 0 Å². The smallest absolute Gasteiger partial charge is 0.167 e. The van der Waals surface area contributed by atoms with E-state index in [1.165, 1.54) is 0 Å². The summed E-state index contributed by atoms with van der Waals surface area (Å²) in [7, 11) is 1.61. The standard InChI is InChI=1S/C10H10BrN3O/c1-7-3-9(11)10(12-4-7)14-6-8(15-2)5-13-14/h3-6H,1-2H3. The summed E-state index contributed by atoms with van der Waals surface area (Å²) in [4.78, 5) is 4.29. The van der Waals surface area contributed by atoms with Gasteiger partial charge >= 0.3 is 0 Å². The maximum atomic E-state index is 5.05. The molecule has 0 spiro atoms. The molecule has 0 fully saturated rings. The van der Waals surface area contributed by atoms with Crippen LogP contribution in [0.4, 0.5) is 0 Å². The van der Waals surface area contributed by atoms with Crippen molar-refractivity contribution in [2.75, 3.05) is 7.11 Å². The van der Waals surface area contributed by atoms with E-state index in [2.05, 4.69) is 26.0 Å². The van der Waals surface area contributed by atoms with Crippen LogP contribution in [0.2, 0.25) is 0 Å². The molecule has 2 rings (SSSR count). The summed E-state index contributed by atoms with van der Waals surface area (Å²) in [6.45, 7) is 1.99. The van der Waals surface area contributed by atoms with Crippen LogP contribution in [-0.4, -0.2) is 21.9 Å². The summed E-state index contributed by atoms with van der Waals surface area (Å²) in [5, 5.41) is 4.15. The molecule has 2 aromatic rings. The number of hydrogen-bond acceptors (Lipinski definition) is 3. The maximum absolute atomic E-state index is 5.05. The van der Waals surface area contributed by atoms with Gasteiger partial charge in [-0.25, -0.2) is 9.67 Å². The second-order valence-electron chi connectivity index (χ2n) is 3.14. The molecule has 78 valence electrons. The van der Waals surface area contributed by atoms with Crippen LogP contribution in [0.3, 0.4) is 0 Å². The SMILES string of the molecule is COc1cnn(-c2ncc(C)cc2Br)c1. The highest BCUT2D eigenvalue weighted by Gasteiger charge is 2.06. The summed E-state index contributed by atoms with van der Waals surface area (Å²) in [6.07, 6.45) is 5.23. The molecule has 5 heteroatoms. The van der Waals surface area contributed by atoms with Gasteiger partial charge < -0.3 is 4.74 Å². The van der Waals surface area contributed by atoms with Gasteiger partial charge in [0.2, 0.25) is 0 Å². The Morgan fingerprint density at radius 1 is 1.40 bits per heavy atom. The van der Waals surface area contributed by atoms with E-state index in [9.17, 15) is 0 Å². The first-order chi connectivity index (χ1) is 7.20. The third-order valence-electron chi connectivity index (χ3n) is 1.97. The first kappa shape index (κ1) is 10.2. The molecule has 2 aromatic heterocycles. The van der Waals surface area contributed by atoms with Crippen molar-refractivity contribution in [3.05, 3.63) is 34.7 Å². The van der Waals surface area contributed by atoms with Crippen LogP contribution in [0, 0.1) is 6.92 Å². The van der Waals surface area contributed by atoms with Gasteiger partial charge in [-0.3, -0.25) is 0 Å². The zero-order valence-electron chi connectivity index (χ0n) is 8.44. The molecule has 0 N–H and O–H groups in total. The van der Waals surface area contributed by atoms with Gasteiger partial charge in [-0.05, 0) is 34.5 Å². The first-order valence-electron chi connectivity index (χ1n) is 4.42. The van der Waals surface area contributed by atoms with Gasteiger partial charge in [-0.2, -0.15) is 5.10 Å². The van der Waals surface area contributed by atoms with Crippen LogP contribution in [0.25, 0.3) is 5.82 Å². The number of rotatable bonds is 2. The van der Waals surface area contributed by atoms with E-state index in [-0.39, 0.29) is 0 Å². The topological polar surface area (TPSA) is 39.9 Å². The summed E-state index contributed by atoms with van der Waals surface area (Å²) in [6, 6.07) is 2.00. The Labute approximate surface area is 96.0 Å². The molecule has 0 atom stereocenters. The van der Waals surface area contributed by atoms with Crippen molar-refractivity contribution in [2.45, 2.75) is 6.92 Å². The van der Waals surface area contributed by atoms with E-state index < -0.39 is 0 Å². The second-order valence-corrected chi connectivity index (χ2v) is 4.00. The Morgan fingerprint density at radius 3 is 2.80 bits per heavy atom. The molecule has 0 aliphatic rings. The molecule has 0 saturated heterocycles. The van der Waals surface area contributed by atoms with Gasteiger partial charge in [0.1, 0.15) is 0 Å². The van der Waals surface area contributed by atoms with Crippen molar-refractivity contribution in [3.8, 4) is 11.6 Å². The number of ether oxygens (including phenoxy) is 1. The summed E-state index contributed by atoms with van der Waals surface area (Å²) in [5.41, 5.74) is 1.10. The van der Waals surface area contributed by atoms with Gasteiger partial charge in [0.25, 0.3) is 0 Å². The van der Waals surface area contributed by atoms with Crippen molar-refractivity contribution >= 4 is 15.9 Å². The predicted octanol–water partition coefficient (Wildman–Crippen LogP) is 2.35. The minimum atomic E-state index is 0.712. The van der Waals surface area contributed by atoms with E-state index in [1.54, 1.807) is 30.4 Å². The lowest BCUT2D eigenvalue weighted by atomic mass is 10.3. The molecule has 0 unspecified atom stereocenters. The zero-order chi connectivity index (χ0) is 10.8. The Bertz CT molecular complexity index is 481. The Hall–Kier alpha value is -1.36. The van der Waals surface area contributed by atoms with Crippen LogP contribution in [0.5, 0.6) is 5.75 Å². The summed E-state index contributed by atoms with van der Waals surface area (Å²) < 4.78 is 7.63. The number of hydrogen-bond donors (Lipinski definition) is 0. The van der Waals surface area contributed by atoms with Crippen LogP contribution in [0.15, 0.2) is 29.1 Å². The fraction of sp³-hybridized carbons (Fsp3) is 0.200. The Kier molecular flexibility index (Phi) is 2.73. The molecule has 0 aliphatic heterocycles. The molecule has 0 aromatic carbocycles. The second kappa shape index (κ2) is 4.02. The molecule has 0 aliphatic carbocycles. The van der Waals surface area contributed by atoms with Crippen molar-refractivity contribution in [2.24, 2.45) is 0 Å². The lowest BCUT2D eigenvalue weighted by Crippen LogP contribution is -1.99. The minimum Gasteiger partial charge on any atom is -0.493 e. The largest absolute Gasteiger partial charge is 0.493 e. The lowest BCUT2D eigenvalue weighted by Gasteiger charge is -2.03. The van der Waals surface area contributed by atoms with Gasteiger partial charge in [-0.1, -0.05) is 0 Å². The third kappa shape index (κ3) is 2.02. The highest BCUT2D eigenvalue weighted by atomic mass is 79.9. The number of aromatic nitrogens is 3. The molecule has 2 heterocycles. The van der Waals surface area contributed by atoms with Crippen molar-refractivity contribution in [1.82, 2.24) is 14.8 Å². The minimum absolute atomic E-state index is 0.712. The molecule has 0 saturated carbocycles. The molecular formula is C10H10BrN3O. The van der Waals surface area contributed by atoms with Gasteiger partial charge in [0.05, 0.1) is 24.0 Å². The van der Waals surface area contributed by atoms with E-state index >= 15 is 0 Å². The number of halogens is 1. The van der Waals surface area contributed by atoms with E-state index in [1.807, 2.05) is 13.0 Å². The van der Waals surface area contributed by atoms with Crippen LogP contribution >= 0.6 is 15.9 Å². The summed E-state index contributed by atoms with van der Waals surface area (Å²) in [5.74, 6) is 1.47.